The van der Waals surface area contributed by atoms with E-state index in [2.05, 4.69) is 15.8 Å². The number of hydrogen-bond donors (Lipinski definition) is 2. The molecule has 2 aromatic rings. The monoisotopic (exact) mass is 437 g/mol. The summed E-state index contributed by atoms with van der Waals surface area (Å²) in [7, 11) is 1.56. The number of nitrogens with one attached hydrogen (secondary N) is 2. The van der Waals surface area contributed by atoms with Gasteiger partial charge in [0.05, 0.1) is 6.21 Å². The maximum Gasteiger partial charge on any atom is 0.329 e. The zero-order valence-electron chi connectivity index (χ0n) is 15.8. The van der Waals surface area contributed by atoms with Gasteiger partial charge in [-0.25, -0.2) is 5.43 Å². The van der Waals surface area contributed by atoms with Gasteiger partial charge in [-0.2, -0.15) is 5.10 Å². The fourth-order valence-corrected chi connectivity index (χ4v) is 2.73. The Hall–Kier alpha value is -2.61. The van der Waals surface area contributed by atoms with E-state index in [9.17, 15) is 9.59 Å². The first-order chi connectivity index (χ1) is 14.0. The normalized spacial score (nSPS) is 10.7. The Morgan fingerprint density at radius 1 is 1.10 bits per heavy atom. The third-order valence-corrected chi connectivity index (χ3v) is 4.41. The second-order valence-corrected chi connectivity index (χ2v) is 6.68. The molecule has 0 atom stereocenters. The third kappa shape index (κ3) is 7.73. The van der Waals surface area contributed by atoms with Crippen LogP contribution in [0.3, 0.4) is 0 Å². The number of hydrazone groups is 1. The van der Waals surface area contributed by atoms with Gasteiger partial charge < -0.3 is 14.8 Å². The lowest BCUT2D eigenvalue weighted by Gasteiger charge is -2.09. The summed E-state index contributed by atoms with van der Waals surface area (Å²) in [5.74, 6) is -1.03. The molecule has 0 unspecified atom stereocenters. The lowest BCUT2D eigenvalue weighted by Crippen LogP contribution is -2.38. The molecule has 29 heavy (non-hydrogen) atoms. The standard InChI is InChI=1S/C20H21Cl2N3O4/c1-28-10-4-9-23-19(26)20(27)25-24-12-14-5-2-6-15(11-14)29-13-16-17(21)7-3-8-18(16)22/h2-3,5-8,11-12H,4,9-10,13H2,1H3,(H,23,26)(H,25,27)/b24-12-. The smallest absolute Gasteiger partial charge is 0.329 e. The maximum atomic E-state index is 11.7. The van der Waals surface area contributed by atoms with Gasteiger partial charge in [0.1, 0.15) is 12.4 Å². The summed E-state index contributed by atoms with van der Waals surface area (Å²) in [6.45, 7) is 1.05. The molecule has 0 aliphatic rings. The van der Waals surface area contributed by atoms with Gasteiger partial charge in [-0.3, -0.25) is 9.59 Å². The Morgan fingerprint density at radius 2 is 1.83 bits per heavy atom. The van der Waals surface area contributed by atoms with Crippen molar-refractivity contribution in [3.05, 3.63) is 63.6 Å². The molecule has 0 heterocycles. The first-order valence-corrected chi connectivity index (χ1v) is 9.52. The molecule has 0 aliphatic carbocycles. The third-order valence-electron chi connectivity index (χ3n) is 3.70. The molecule has 0 spiro atoms. The predicted octanol–water partition coefficient (Wildman–Crippen LogP) is 3.18. The molecule has 0 saturated heterocycles. The van der Waals surface area contributed by atoms with Gasteiger partial charge in [0, 0.05) is 35.9 Å². The molecule has 7 nitrogen and oxygen atoms in total. The highest BCUT2D eigenvalue weighted by atomic mass is 35.5. The van der Waals surface area contributed by atoms with E-state index in [0.717, 1.165) is 0 Å². The first-order valence-electron chi connectivity index (χ1n) is 8.77. The number of benzene rings is 2. The number of methoxy groups -OCH3 is 1. The van der Waals surface area contributed by atoms with Crippen LogP contribution in [-0.4, -0.2) is 38.3 Å². The van der Waals surface area contributed by atoms with Crippen molar-refractivity contribution in [2.24, 2.45) is 5.10 Å². The van der Waals surface area contributed by atoms with E-state index >= 15 is 0 Å². The van der Waals surface area contributed by atoms with Gasteiger partial charge in [0.25, 0.3) is 0 Å². The van der Waals surface area contributed by atoms with E-state index in [0.29, 0.717) is 46.5 Å². The van der Waals surface area contributed by atoms with Gasteiger partial charge in [-0.15, -0.1) is 0 Å². The average molecular weight is 438 g/mol. The zero-order valence-corrected chi connectivity index (χ0v) is 17.3. The van der Waals surface area contributed by atoms with Crippen LogP contribution in [0.5, 0.6) is 5.75 Å². The quantitative estimate of drug-likeness (QED) is 0.273. The highest BCUT2D eigenvalue weighted by Crippen LogP contribution is 2.26. The van der Waals surface area contributed by atoms with Crippen LogP contribution in [0.25, 0.3) is 0 Å². The minimum Gasteiger partial charge on any atom is -0.489 e. The number of amides is 2. The maximum absolute atomic E-state index is 11.7. The number of ether oxygens (including phenoxy) is 2. The van der Waals surface area contributed by atoms with Crippen LogP contribution in [0, 0.1) is 0 Å². The molecule has 154 valence electrons. The molecule has 0 aromatic heterocycles. The van der Waals surface area contributed by atoms with Crippen molar-refractivity contribution in [1.29, 1.82) is 0 Å². The van der Waals surface area contributed by atoms with Crippen LogP contribution in [-0.2, 0) is 20.9 Å². The van der Waals surface area contributed by atoms with Crippen LogP contribution in [0.4, 0.5) is 0 Å². The van der Waals surface area contributed by atoms with Gasteiger partial charge in [0.2, 0.25) is 0 Å². The summed E-state index contributed by atoms with van der Waals surface area (Å²) < 4.78 is 10.6. The van der Waals surface area contributed by atoms with Crippen molar-refractivity contribution in [3.63, 3.8) is 0 Å². The molecular weight excluding hydrogens is 417 g/mol. The van der Waals surface area contributed by atoms with E-state index in [4.69, 9.17) is 32.7 Å². The molecule has 9 heteroatoms. The van der Waals surface area contributed by atoms with Crippen molar-refractivity contribution in [2.45, 2.75) is 13.0 Å². The largest absolute Gasteiger partial charge is 0.489 e. The van der Waals surface area contributed by atoms with Crippen LogP contribution < -0.4 is 15.5 Å². The van der Waals surface area contributed by atoms with Crippen LogP contribution >= 0.6 is 23.2 Å². The lowest BCUT2D eigenvalue weighted by atomic mass is 10.2. The van der Waals surface area contributed by atoms with E-state index in [1.165, 1.54) is 6.21 Å². The van der Waals surface area contributed by atoms with Crippen molar-refractivity contribution in [3.8, 4) is 5.75 Å². The SMILES string of the molecule is COCCCNC(=O)C(=O)N/N=C\c1cccc(OCc2c(Cl)cccc2Cl)c1. The second kappa shape index (κ2) is 12.1. The summed E-state index contributed by atoms with van der Waals surface area (Å²) >= 11 is 12.3. The van der Waals surface area contributed by atoms with Gasteiger partial charge in [-0.05, 0) is 36.2 Å². The Bertz CT molecular complexity index is 854. The Kier molecular flexibility index (Phi) is 9.43. The summed E-state index contributed by atoms with van der Waals surface area (Å²) in [6, 6.07) is 12.3. The molecule has 2 amide bonds. The molecule has 2 N–H and O–H groups in total. The number of rotatable bonds is 9. The van der Waals surface area contributed by atoms with E-state index in [1.54, 1.807) is 49.6 Å². The molecule has 2 rings (SSSR count). The fraction of sp³-hybridized carbons (Fsp3) is 0.250. The Morgan fingerprint density at radius 3 is 2.55 bits per heavy atom. The molecule has 0 aliphatic heterocycles. The minimum absolute atomic E-state index is 0.207. The van der Waals surface area contributed by atoms with Crippen molar-refractivity contribution in [1.82, 2.24) is 10.7 Å². The number of hydrogen-bond acceptors (Lipinski definition) is 5. The molecular formula is C20H21Cl2N3O4. The zero-order chi connectivity index (χ0) is 21.1. The van der Waals surface area contributed by atoms with Crippen molar-refractivity contribution < 1.29 is 19.1 Å². The Balaban J connectivity index is 1.86. The molecule has 0 saturated carbocycles. The number of carbonyl (C=O) groups excluding carboxylic acids is 2. The van der Waals surface area contributed by atoms with E-state index < -0.39 is 11.8 Å². The van der Waals surface area contributed by atoms with Crippen LogP contribution in [0.2, 0.25) is 10.0 Å². The number of halogens is 2. The van der Waals surface area contributed by atoms with Gasteiger partial charge >= 0.3 is 11.8 Å². The summed E-state index contributed by atoms with van der Waals surface area (Å²) in [5, 5.41) is 7.31. The predicted molar refractivity (Wildman–Crippen MR) is 112 cm³/mol. The van der Waals surface area contributed by atoms with Crippen molar-refractivity contribution in [2.75, 3.05) is 20.3 Å². The lowest BCUT2D eigenvalue weighted by molar-refractivity contribution is -0.139. The fourth-order valence-electron chi connectivity index (χ4n) is 2.23. The van der Waals surface area contributed by atoms with E-state index in [1.807, 2.05) is 0 Å². The second-order valence-electron chi connectivity index (χ2n) is 5.86. The number of carbonyl (C=O) groups is 2. The molecule has 2 aromatic carbocycles. The van der Waals surface area contributed by atoms with Gasteiger partial charge in [0.15, 0.2) is 0 Å². The van der Waals surface area contributed by atoms with E-state index in [-0.39, 0.29) is 6.61 Å². The highest BCUT2D eigenvalue weighted by Gasteiger charge is 2.11. The first kappa shape index (κ1) is 22.7. The van der Waals surface area contributed by atoms with Gasteiger partial charge in [-0.1, -0.05) is 41.4 Å². The summed E-state index contributed by atoms with van der Waals surface area (Å²) in [4.78, 5) is 23.3. The number of nitrogens with zero attached hydrogens (tertiary/aromatic N) is 1. The molecule has 0 bridgehead atoms. The Labute approximate surface area is 179 Å². The topological polar surface area (TPSA) is 89.0 Å². The minimum atomic E-state index is -0.848. The highest BCUT2D eigenvalue weighted by molar-refractivity contribution is 6.36. The molecule has 0 fully saturated rings. The molecule has 0 radical (unpaired) electrons. The van der Waals surface area contributed by atoms with Crippen LogP contribution in [0.1, 0.15) is 17.5 Å². The summed E-state index contributed by atoms with van der Waals surface area (Å²) in [5.41, 5.74) is 3.54. The van der Waals surface area contributed by atoms with Crippen LogP contribution in [0.15, 0.2) is 47.6 Å². The average Bonchev–Trinajstić information content (AvgIpc) is 2.71. The van der Waals surface area contributed by atoms with Crippen molar-refractivity contribution >= 4 is 41.2 Å². The summed E-state index contributed by atoms with van der Waals surface area (Å²) in [6.07, 6.45) is 2.02.